The molecule has 0 bridgehead atoms. The molecule has 0 saturated carbocycles. The number of amides is 2. The molecule has 5 heteroatoms. The largest absolute Gasteiger partial charge is 0.464 e. The molecule has 5 nitrogen and oxygen atoms in total. The second kappa shape index (κ2) is 9.58. The van der Waals surface area contributed by atoms with Gasteiger partial charge in [0.05, 0.1) is 13.1 Å². The van der Waals surface area contributed by atoms with Crippen molar-refractivity contribution in [3.8, 4) is 0 Å². The normalized spacial score (nSPS) is 11.3. The molecule has 1 aromatic heterocycles. The number of carbonyl (C=O) groups is 2. The molecule has 0 aliphatic heterocycles. The minimum atomic E-state index is -0.516. The average molecular weight is 385 g/mol. The molecule has 0 radical (unpaired) electrons. The molecule has 0 atom stereocenters. The predicted molar refractivity (Wildman–Crippen MR) is 110 cm³/mol. The van der Waals surface area contributed by atoms with Crippen LogP contribution in [0.5, 0.6) is 0 Å². The van der Waals surface area contributed by atoms with Gasteiger partial charge in [-0.1, -0.05) is 58.0 Å². The van der Waals surface area contributed by atoms with Crippen LogP contribution in [0.3, 0.4) is 0 Å². The van der Waals surface area contributed by atoms with Crippen LogP contribution in [0.1, 0.15) is 51.2 Å². The van der Waals surface area contributed by atoms with Gasteiger partial charge < -0.3 is 14.2 Å². The van der Waals surface area contributed by atoms with Gasteiger partial charge in [0.1, 0.15) is 11.5 Å². The van der Waals surface area contributed by atoms with Gasteiger partial charge in [-0.05, 0) is 31.0 Å². The molecule has 2 aromatic rings. The summed E-state index contributed by atoms with van der Waals surface area (Å²) >= 11 is 0. The molecule has 0 N–H and O–H groups in total. The Hall–Kier alpha value is -2.56. The van der Waals surface area contributed by atoms with Crippen molar-refractivity contribution in [2.75, 3.05) is 13.1 Å². The number of furan rings is 1. The Bertz CT molecular complexity index is 775. The molecule has 0 aliphatic carbocycles. The number of carbonyl (C=O) groups excluding carboxylic acids is 2. The van der Waals surface area contributed by atoms with Crippen LogP contribution in [0, 0.1) is 12.3 Å². The van der Waals surface area contributed by atoms with Crippen LogP contribution >= 0.6 is 0 Å². The summed E-state index contributed by atoms with van der Waals surface area (Å²) in [5.41, 5.74) is 0.529. The molecule has 2 amide bonds. The summed E-state index contributed by atoms with van der Waals surface area (Å²) in [5, 5.41) is 0. The van der Waals surface area contributed by atoms with Gasteiger partial charge in [0, 0.05) is 18.5 Å². The van der Waals surface area contributed by atoms with Crippen LogP contribution in [0.4, 0.5) is 0 Å². The maximum atomic E-state index is 13.2. The van der Waals surface area contributed by atoms with Crippen molar-refractivity contribution in [3.63, 3.8) is 0 Å². The smallest absolute Gasteiger partial charge is 0.242 e. The molecule has 152 valence electrons. The van der Waals surface area contributed by atoms with E-state index >= 15 is 0 Å². The molecule has 0 spiro atoms. The first-order valence-electron chi connectivity index (χ1n) is 9.87. The highest BCUT2D eigenvalue weighted by atomic mass is 16.3. The second-order valence-electron chi connectivity index (χ2n) is 8.22. The zero-order valence-corrected chi connectivity index (χ0v) is 17.7. The number of hydrogen-bond acceptors (Lipinski definition) is 3. The topological polar surface area (TPSA) is 53.8 Å². The van der Waals surface area contributed by atoms with Gasteiger partial charge in [-0.15, -0.1) is 0 Å². The van der Waals surface area contributed by atoms with Crippen molar-refractivity contribution in [3.05, 3.63) is 59.5 Å². The van der Waals surface area contributed by atoms with Crippen molar-refractivity contribution < 1.29 is 14.0 Å². The molecule has 2 rings (SSSR count). The van der Waals surface area contributed by atoms with E-state index in [1.807, 2.05) is 77.1 Å². The van der Waals surface area contributed by atoms with Crippen LogP contribution in [0.2, 0.25) is 0 Å². The maximum absolute atomic E-state index is 13.2. The molecule has 0 aliphatic rings. The van der Waals surface area contributed by atoms with E-state index in [4.69, 9.17) is 4.42 Å². The van der Waals surface area contributed by atoms with Gasteiger partial charge >= 0.3 is 0 Å². The first-order chi connectivity index (χ1) is 13.2. The quantitative estimate of drug-likeness (QED) is 0.678. The Kier molecular flexibility index (Phi) is 7.44. The molecule has 0 unspecified atom stereocenters. The van der Waals surface area contributed by atoms with E-state index in [9.17, 15) is 9.59 Å². The summed E-state index contributed by atoms with van der Waals surface area (Å²) in [4.78, 5) is 29.4. The van der Waals surface area contributed by atoms with E-state index in [0.717, 1.165) is 23.5 Å². The number of hydrogen-bond donors (Lipinski definition) is 0. The van der Waals surface area contributed by atoms with E-state index in [1.165, 1.54) is 0 Å². The molecule has 1 heterocycles. The number of nitrogens with zero attached hydrogens (tertiary/aromatic N) is 2. The minimum Gasteiger partial charge on any atom is -0.464 e. The van der Waals surface area contributed by atoms with Gasteiger partial charge in [0.25, 0.3) is 0 Å². The number of rotatable bonds is 8. The zero-order valence-electron chi connectivity index (χ0n) is 17.7. The molecule has 0 fully saturated rings. The summed E-state index contributed by atoms with van der Waals surface area (Å²) in [6.07, 6.45) is 0.811. The zero-order chi connectivity index (χ0) is 20.7. The van der Waals surface area contributed by atoms with Crippen LogP contribution in [0.15, 0.2) is 46.9 Å². The van der Waals surface area contributed by atoms with Crippen LogP contribution < -0.4 is 0 Å². The summed E-state index contributed by atoms with van der Waals surface area (Å²) in [5.74, 6) is 1.48. The van der Waals surface area contributed by atoms with Crippen molar-refractivity contribution in [2.24, 2.45) is 5.41 Å². The predicted octanol–water partition coefficient (Wildman–Crippen LogP) is 4.40. The highest BCUT2D eigenvalue weighted by molar-refractivity contribution is 5.87. The summed E-state index contributed by atoms with van der Waals surface area (Å²) in [7, 11) is 0. The van der Waals surface area contributed by atoms with Crippen molar-refractivity contribution in [1.82, 2.24) is 9.80 Å². The van der Waals surface area contributed by atoms with Crippen LogP contribution in [-0.4, -0.2) is 34.7 Å². The second-order valence-corrected chi connectivity index (χ2v) is 8.22. The lowest BCUT2D eigenvalue weighted by Crippen LogP contribution is -2.46. The van der Waals surface area contributed by atoms with Gasteiger partial charge in [-0.3, -0.25) is 9.59 Å². The van der Waals surface area contributed by atoms with Gasteiger partial charge in [-0.2, -0.15) is 0 Å². The third-order valence-electron chi connectivity index (χ3n) is 4.46. The number of benzene rings is 1. The van der Waals surface area contributed by atoms with E-state index in [-0.39, 0.29) is 18.4 Å². The minimum absolute atomic E-state index is 0.00351. The standard InChI is InChI=1S/C23H32N2O3/c1-6-14-24(22(27)23(3,4)5)17-21(26)25(15-19-10-8-7-9-11-19)16-20-13-12-18(2)28-20/h7-13H,6,14-17H2,1-5H3. The third kappa shape index (κ3) is 6.25. The van der Waals surface area contributed by atoms with Crippen molar-refractivity contribution in [2.45, 2.75) is 54.1 Å². The first-order valence-corrected chi connectivity index (χ1v) is 9.87. The van der Waals surface area contributed by atoms with Crippen LogP contribution in [0.25, 0.3) is 0 Å². The Morgan fingerprint density at radius 1 is 0.964 bits per heavy atom. The van der Waals surface area contributed by atoms with Crippen molar-refractivity contribution >= 4 is 11.8 Å². The summed E-state index contributed by atoms with van der Waals surface area (Å²) in [6, 6.07) is 13.7. The summed E-state index contributed by atoms with van der Waals surface area (Å²) in [6.45, 7) is 11.1. The Morgan fingerprint density at radius 2 is 1.64 bits per heavy atom. The van der Waals surface area contributed by atoms with Crippen LogP contribution in [-0.2, 0) is 22.7 Å². The molecule has 1 aromatic carbocycles. The Morgan fingerprint density at radius 3 is 2.18 bits per heavy atom. The fraction of sp³-hybridized carbons (Fsp3) is 0.478. The molecular weight excluding hydrogens is 352 g/mol. The molecule has 28 heavy (non-hydrogen) atoms. The highest BCUT2D eigenvalue weighted by Gasteiger charge is 2.29. The van der Waals surface area contributed by atoms with Gasteiger partial charge in [0.15, 0.2) is 0 Å². The lowest BCUT2D eigenvalue weighted by molar-refractivity contribution is -0.146. The monoisotopic (exact) mass is 384 g/mol. The maximum Gasteiger partial charge on any atom is 0.242 e. The highest BCUT2D eigenvalue weighted by Crippen LogP contribution is 2.19. The van der Waals surface area contributed by atoms with E-state index in [2.05, 4.69) is 0 Å². The fourth-order valence-electron chi connectivity index (χ4n) is 3.05. The summed E-state index contributed by atoms with van der Waals surface area (Å²) < 4.78 is 5.68. The fourth-order valence-corrected chi connectivity index (χ4v) is 3.05. The van der Waals surface area contributed by atoms with E-state index < -0.39 is 5.41 Å². The number of aryl methyl sites for hydroxylation is 1. The molecule has 0 saturated heterocycles. The first kappa shape index (κ1) is 21.7. The lowest BCUT2D eigenvalue weighted by atomic mass is 9.94. The van der Waals surface area contributed by atoms with Gasteiger partial charge in [-0.25, -0.2) is 0 Å². The third-order valence-corrected chi connectivity index (χ3v) is 4.46. The Balaban J connectivity index is 2.19. The van der Waals surface area contributed by atoms with Gasteiger partial charge in [0.2, 0.25) is 11.8 Å². The Labute approximate surface area is 168 Å². The SMILES string of the molecule is CCCN(CC(=O)N(Cc1ccccc1)Cc1ccc(C)o1)C(=O)C(C)(C)C. The van der Waals surface area contributed by atoms with E-state index in [0.29, 0.717) is 19.6 Å². The van der Waals surface area contributed by atoms with E-state index in [1.54, 1.807) is 9.80 Å². The lowest BCUT2D eigenvalue weighted by Gasteiger charge is -2.31. The molecular formula is C23H32N2O3. The average Bonchev–Trinajstić information content (AvgIpc) is 3.05. The van der Waals surface area contributed by atoms with Crippen molar-refractivity contribution in [1.29, 1.82) is 0 Å².